The van der Waals surface area contributed by atoms with E-state index >= 15 is 0 Å². The van der Waals surface area contributed by atoms with Crippen LogP contribution in [0.3, 0.4) is 0 Å². The quantitative estimate of drug-likeness (QED) is 0.356. The highest BCUT2D eigenvalue weighted by atomic mass is 16.5. The van der Waals surface area contributed by atoms with E-state index in [-0.39, 0.29) is 55.2 Å². The van der Waals surface area contributed by atoms with Gasteiger partial charge in [0.1, 0.15) is 19.1 Å². The molecule has 6 heterocycles. The van der Waals surface area contributed by atoms with Crippen LogP contribution in [0.5, 0.6) is 0 Å². The molecule has 0 radical (unpaired) electrons. The predicted octanol–water partition coefficient (Wildman–Crippen LogP) is -0.612. The summed E-state index contributed by atoms with van der Waals surface area (Å²) in [7, 11) is 2.17. The number of ether oxygens (including phenoxy) is 1. The molecule has 6 aliphatic heterocycles. The molecule has 6 aliphatic rings. The fourth-order valence-electron chi connectivity index (χ4n) is 7.06. The number of hydrogen-bond donors (Lipinski definition) is 4. The van der Waals surface area contributed by atoms with Gasteiger partial charge in [-0.2, -0.15) is 5.01 Å². The Morgan fingerprint density at radius 2 is 1.90 bits per heavy atom. The second-order valence-electron chi connectivity index (χ2n) is 11.9. The molecule has 1 aromatic rings. The summed E-state index contributed by atoms with van der Waals surface area (Å²) in [5.41, 5.74) is 2.24. The summed E-state index contributed by atoms with van der Waals surface area (Å²) < 4.78 is 5.93. The smallest absolute Gasteiger partial charge is 0.249 e. The topological polar surface area (TPSA) is 108 Å². The standard InChI is InChI=1S/C29H41N9O3/c1-34-13-15-35(16-14-34)21-8-6-7-20(17-21)31-29-30-18-22-26(33-29)38-24-10-9-23-27(32-24)36(25(39)19-41-23)11-4-2-3-5-12-37(38)28(22)40/h6-8,17,22-24,26-27,29-33H,2,4,9-16,18-19H2,1H3. The van der Waals surface area contributed by atoms with E-state index < -0.39 is 0 Å². The van der Waals surface area contributed by atoms with Gasteiger partial charge in [0.15, 0.2) is 0 Å². The highest BCUT2D eigenvalue weighted by Crippen LogP contribution is 2.33. The van der Waals surface area contributed by atoms with E-state index in [0.29, 0.717) is 26.1 Å². The summed E-state index contributed by atoms with van der Waals surface area (Å²) in [5, 5.41) is 18.5. The molecule has 1 aromatic carbocycles. The average molecular weight is 564 g/mol. The summed E-state index contributed by atoms with van der Waals surface area (Å²) in [6, 6.07) is 8.56. The first-order chi connectivity index (χ1) is 20.0. The van der Waals surface area contributed by atoms with Crippen molar-refractivity contribution >= 4 is 23.2 Å². The Morgan fingerprint density at radius 3 is 2.78 bits per heavy atom. The zero-order valence-corrected chi connectivity index (χ0v) is 23.7. The van der Waals surface area contributed by atoms with E-state index in [9.17, 15) is 9.59 Å². The van der Waals surface area contributed by atoms with E-state index in [2.05, 4.69) is 79.2 Å². The van der Waals surface area contributed by atoms with Crippen LogP contribution in [0.25, 0.3) is 0 Å². The number of rotatable bonds is 3. The largest absolute Gasteiger partial charge is 0.369 e. The number of nitrogens with zero attached hydrogens (tertiary/aromatic N) is 5. The van der Waals surface area contributed by atoms with Crippen LogP contribution in [0.2, 0.25) is 0 Å². The van der Waals surface area contributed by atoms with Gasteiger partial charge in [-0.1, -0.05) is 12.0 Å². The van der Waals surface area contributed by atoms with Crippen LogP contribution in [0.15, 0.2) is 24.3 Å². The molecule has 0 saturated carbocycles. The van der Waals surface area contributed by atoms with Crippen molar-refractivity contribution in [1.82, 2.24) is 35.8 Å². The van der Waals surface area contributed by atoms with Gasteiger partial charge in [-0.3, -0.25) is 30.5 Å². The third-order valence-corrected chi connectivity index (χ3v) is 9.31. The number of amides is 2. The third-order valence-electron chi connectivity index (χ3n) is 9.31. The fourth-order valence-corrected chi connectivity index (χ4v) is 7.06. The maximum absolute atomic E-state index is 13.7. The number of piperazine rings is 1. The van der Waals surface area contributed by atoms with Gasteiger partial charge in [0.25, 0.3) is 0 Å². The number of carbonyl (C=O) groups is 2. The Bertz CT molecular complexity index is 1210. The molecule has 220 valence electrons. The Kier molecular flexibility index (Phi) is 7.49. The molecule has 41 heavy (non-hydrogen) atoms. The van der Waals surface area contributed by atoms with Gasteiger partial charge in [-0.05, 0) is 44.5 Å². The molecule has 7 rings (SSSR count). The Labute approximate surface area is 241 Å². The zero-order chi connectivity index (χ0) is 27.9. The third kappa shape index (κ3) is 5.27. The maximum atomic E-state index is 13.7. The lowest BCUT2D eigenvalue weighted by Crippen LogP contribution is -2.72. The van der Waals surface area contributed by atoms with Crippen molar-refractivity contribution < 1.29 is 14.3 Å². The van der Waals surface area contributed by atoms with Gasteiger partial charge in [0.2, 0.25) is 11.8 Å². The number of hydrazine groups is 1. The molecule has 2 bridgehead atoms. The molecule has 0 aromatic heterocycles. The summed E-state index contributed by atoms with van der Waals surface area (Å²) >= 11 is 0. The van der Waals surface area contributed by atoms with Crippen LogP contribution >= 0.6 is 0 Å². The highest BCUT2D eigenvalue weighted by Gasteiger charge is 2.53. The molecular formula is C29H41N9O3. The predicted molar refractivity (Wildman–Crippen MR) is 154 cm³/mol. The van der Waals surface area contributed by atoms with Crippen LogP contribution in [-0.4, -0.2) is 122 Å². The average Bonchev–Trinajstić information content (AvgIpc) is 3.25. The number of fused-ring (bicyclic) bond motifs is 5. The summed E-state index contributed by atoms with van der Waals surface area (Å²) in [6.07, 6.45) is 2.35. The molecule has 0 spiro atoms. The van der Waals surface area contributed by atoms with Gasteiger partial charge < -0.3 is 24.8 Å². The SMILES string of the molecule is CN1CCN(c2cccc(NC3NCC4C(=O)N5CC#CCCCN6C(=O)COC7CCC(NC76)N5C4N3)c2)CC1. The summed E-state index contributed by atoms with van der Waals surface area (Å²) in [6.45, 7) is 5.87. The Hall–Kier alpha value is -2.92. The molecule has 0 aliphatic carbocycles. The number of morpholine rings is 1. The molecular weight excluding hydrogens is 522 g/mol. The molecule has 12 heteroatoms. The van der Waals surface area contributed by atoms with Crippen molar-refractivity contribution in [3.05, 3.63) is 24.3 Å². The second-order valence-corrected chi connectivity index (χ2v) is 11.9. The van der Waals surface area contributed by atoms with Crippen LogP contribution in [-0.2, 0) is 14.3 Å². The van der Waals surface area contributed by atoms with Crippen molar-refractivity contribution in [2.24, 2.45) is 5.92 Å². The molecule has 6 unspecified atom stereocenters. The van der Waals surface area contributed by atoms with Gasteiger partial charge in [0.05, 0.1) is 30.9 Å². The number of hydrogen-bond acceptors (Lipinski definition) is 10. The molecule has 2 amide bonds. The minimum atomic E-state index is -0.239. The van der Waals surface area contributed by atoms with E-state index in [1.54, 1.807) is 0 Å². The monoisotopic (exact) mass is 563 g/mol. The van der Waals surface area contributed by atoms with Crippen LogP contribution in [0.1, 0.15) is 25.7 Å². The first kappa shape index (κ1) is 26.9. The number of carbonyl (C=O) groups excluding carboxylic acids is 2. The Balaban J connectivity index is 1.10. The minimum Gasteiger partial charge on any atom is -0.369 e. The lowest BCUT2D eigenvalue weighted by atomic mass is 9.99. The van der Waals surface area contributed by atoms with Crippen molar-refractivity contribution in [2.45, 2.75) is 56.6 Å². The van der Waals surface area contributed by atoms with E-state index in [1.165, 1.54) is 5.69 Å². The number of anilines is 2. The first-order valence-electron chi connectivity index (χ1n) is 15.1. The van der Waals surface area contributed by atoms with Crippen LogP contribution in [0, 0.1) is 17.8 Å². The number of nitrogens with one attached hydrogen (secondary N) is 4. The lowest BCUT2D eigenvalue weighted by Gasteiger charge is -2.50. The van der Waals surface area contributed by atoms with E-state index in [1.807, 2.05) is 9.91 Å². The van der Waals surface area contributed by atoms with E-state index in [0.717, 1.165) is 51.1 Å². The Morgan fingerprint density at radius 1 is 1.02 bits per heavy atom. The minimum absolute atomic E-state index is 0.0136. The highest BCUT2D eigenvalue weighted by molar-refractivity contribution is 5.82. The summed E-state index contributed by atoms with van der Waals surface area (Å²) in [4.78, 5) is 33.2. The maximum Gasteiger partial charge on any atom is 0.249 e. The molecule has 6 atom stereocenters. The second kappa shape index (κ2) is 11.4. The number of benzene rings is 1. The summed E-state index contributed by atoms with van der Waals surface area (Å²) in [5.74, 6) is 6.32. The molecule has 4 N–H and O–H groups in total. The van der Waals surface area contributed by atoms with Crippen molar-refractivity contribution in [2.75, 3.05) is 69.7 Å². The van der Waals surface area contributed by atoms with Gasteiger partial charge in [0, 0.05) is 57.1 Å². The van der Waals surface area contributed by atoms with Crippen molar-refractivity contribution in [1.29, 1.82) is 0 Å². The lowest BCUT2D eigenvalue weighted by molar-refractivity contribution is -0.176. The first-order valence-corrected chi connectivity index (χ1v) is 15.1. The molecule has 5 saturated heterocycles. The van der Waals surface area contributed by atoms with Crippen LogP contribution < -0.4 is 26.2 Å². The normalized spacial score (nSPS) is 34.6. The zero-order valence-electron chi connectivity index (χ0n) is 23.7. The van der Waals surface area contributed by atoms with Gasteiger partial charge in [-0.15, -0.1) is 5.92 Å². The molecule has 12 nitrogen and oxygen atoms in total. The fraction of sp³-hybridized carbons (Fsp3) is 0.655. The van der Waals surface area contributed by atoms with E-state index in [4.69, 9.17) is 4.74 Å². The van der Waals surface area contributed by atoms with Crippen molar-refractivity contribution in [3.63, 3.8) is 0 Å². The van der Waals surface area contributed by atoms with Crippen molar-refractivity contribution in [3.8, 4) is 11.8 Å². The number of likely N-dealkylation sites (N-methyl/N-ethyl adjacent to an activating group) is 1. The van der Waals surface area contributed by atoms with Gasteiger partial charge in [-0.25, -0.2) is 0 Å². The van der Waals surface area contributed by atoms with Crippen LogP contribution in [0.4, 0.5) is 11.4 Å². The van der Waals surface area contributed by atoms with Gasteiger partial charge >= 0.3 is 0 Å². The molecule has 5 fully saturated rings. The number of piperidine rings is 1.